The lowest BCUT2D eigenvalue weighted by atomic mass is 10.1. The van der Waals surface area contributed by atoms with Gasteiger partial charge in [0.1, 0.15) is 0 Å². The Labute approximate surface area is 78.2 Å². The van der Waals surface area contributed by atoms with Gasteiger partial charge in [0.05, 0.1) is 10.9 Å². The number of rotatable bonds is 1. The quantitative estimate of drug-likeness (QED) is 0.457. The summed E-state index contributed by atoms with van der Waals surface area (Å²) in [4.78, 5) is 0. The van der Waals surface area contributed by atoms with Gasteiger partial charge < -0.3 is 25.6 Å². The molecule has 1 aromatic heterocycles. The first-order valence-corrected chi connectivity index (χ1v) is 3.81. The van der Waals surface area contributed by atoms with Crippen LogP contribution in [0.4, 0.5) is 5.82 Å². The number of nitrogens with two attached hydrogens (primary N) is 1. The molecule has 0 bridgehead atoms. The molecule has 0 radical (unpaired) electrons. The number of hydrogen-bond acceptors (Lipinski definition) is 6. The monoisotopic (exact) mass is 196 g/mol. The molecule has 14 heavy (non-hydrogen) atoms. The molecule has 2 aromatic rings. The van der Waals surface area contributed by atoms with Gasteiger partial charge in [0.25, 0.3) is 0 Å². The zero-order valence-electron chi connectivity index (χ0n) is 7.01. The summed E-state index contributed by atoms with van der Waals surface area (Å²) >= 11 is 0. The fraction of sp³-hybridized carbons (Fsp3) is 0.125. The molecule has 0 aliphatic carbocycles. The third kappa shape index (κ3) is 1.22. The van der Waals surface area contributed by atoms with Gasteiger partial charge in [0.15, 0.2) is 11.4 Å². The van der Waals surface area contributed by atoms with Crippen molar-refractivity contribution >= 4 is 16.8 Å². The normalized spacial score (nSPS) is 12.2. The van der Waals surface area contributed by atoms with E-state index in [-0.39, 0.29) is 22.4 Å². The molecule has 0 aliphatic heterocycles. The fourth-order valence-corrected chi connectivity index (χ4v) is 1.29. The highest BCUT2D eigenvalue weighted by atomic mass is 16.7. The number of aromatic nitrogens is 1. The van der Waals surface area contributed by atoms with Crippen molar-refractivity contribution in [2.24, 2.45) is 0 Å². The van der Waals surface area contributed by atoms with Crippen molar-refractivity contribution in [1.29, 1.82) is 0 Å². The number of benzene rings is 1. The van der Waals surface area contributed by atoms with E-state index in [4.69, 9.17) is 25.6 Å². The van der Waals surface area contributed by atoms with Crippen LogP contribution in [0, 0.1) is 0 Å². The summed E-state index contributed by atoms with van der Waals surface area (Å²) in [5.74, 6) is -2.95. The SMILES string of the molecule is Nc1noc2cccc(C(O)(O)O)c12. The maximum Gasteiger partial charge on any atom is 0.305 e. The number of nitrogens with zero attached hydrogens (tertiary/aromatic N) is 1. The second kappa shape index (κ2) is 2.68. The molecule has 0 atom stereocenters. The van der Waals surface area contributed by atoms with E-state index in [9.17, 15) is 0 Å². The Morgan fingerprint density at radius 3 is 2.64 bits per heavy atom. The van der Waals surface area contributed by atoms with Crippen molar-refractivity contribution in [3.8, 4) is 0 Å². The molecule has 0 saturated heterocycles. The van der Waals surface area contributed by atoms with Gasteiger partial charge in [-0.3, -0.25) is 0 Å². The van der Waals surface area contributed by atoms with Crippen LogP contribution in [-0.2, 0) is 5.97 Å². The molecule has 2 rings (SSSR count). The molecule has 1 heterocycles. The molecular formula is C8H8N2O4. The van der Waals surface area contributed by atoms with E-state index >= 15 is 0 Å². The van der Waals surface area contributed by atoms with E-state index < -0.39 is 5.97 Å². The molecule has 0 aliphatic rings. The molecule has 0 spiro atoms. The van der Waals surface area contributed by atoms with Crippen molar-refractivity contribution in [3.05, 3.63) is 23.8 Å². The third-order valence-electron chi connectivity index (χ3n) is 1.89. The van der Waals surface area contributed by atoms with Crippen LogP contribution in [0.5, 0.6) is 0 Å². The van der Waals surface area contributed by atoms with Crippen molar-refractivity contribution in [2.45, 2.75) is 5.97 Å². The van der Waals surface area contributed by atoms with Crippen molar-refractivity contribution in [1.82, 2.24) is 5.16 Å². The van der Waals surface area contributed by atoms with Gasteiger partial charge in [0, 0.05) is 0 Å². The van der Waals surface area contributed by atoms with E-state index in [1.165, 1.54) is 12.1 Å². The summed E-state index contributed by atoms with van der Waals surface area (Å²) in [5.41, 5.74) is 5.56. The van der Waals surface area contributed by atoms with Gasteiger partial charge in [-0.1, -0.05) is 11.2 Å². The summed E-state index contributed by atoms with van der Waals surface area (Å²) in [6, 6.07) is 4.35. The van der Waals surface area contributed by atoms with E-state index in [0.29, 0.717) is 0 Å². The average molecular weight is 196 g/mol. The van der Waals surface area contributed by atoms with Crippen LogP contribution < -0.4 is 5.73 Å². The summed E-state index contributed by atoms with van der Waals surface area (Å²) in [6.45, 7) is 0. The molecule has 0 unspecified atom stereocenters. The van der Waals surface area contributed by atoms with Gasteiger partial charge in [-0.05, 0) is 12.1 Å². The highest BCUT2D eigenvalue weighted by Gasteiger charge is 2.27. The standard InChI is InChI=1S/C8H8N2O4/c9-7-6-4(8(11,12)13)2-1-3-5(6)14-10-7/h1-3,11-13H,(H2,9,10). The van der Waals surface area contributed by atoms with Crippen LogP contribution in [0.3, 0.4) is 0 Å². The Bertz CT molecular complexity index is 472. The van der Waals surface area contributed by atoms with Gasteiger partial charge >= 0.3 is 5.97 Å². The Hall–Kier alpha value is -1.63. The molecule has 6 heteroatoms. The molecule has 0 fully saturated rings. The highest BCUT2D eigenvalue weighted by molar-refractivity contribution is 5.90. The summed E-state index contributed by atoms with van der Waals surface area (Å²) in [6.07, 6.45) is 0. The Kier molecular flexibility index (Phi) is 1.71. The maximum atomic E-state index is 9.02. The van der Waals surface area contributed by atoms with E-state index in [0.717, 1.165) is 0 Å². The highest BCUT2D eigenvalue weighted by Crippen LogP contribution is 2.29. The van der Waals surface area contributed by atoms with Crippen molar-refractivity contribution in [2.75, 3.05) is 5.73 Å². The van der Waals surface area contributed by atoms with E-state index in [1.54, 1.807) is 6.07 Å². The van der Waals surface area contributed by atoms with E-state index in [2.05, 4.69) is 5.16 Å². The van der Waals surface area contributed by atoms with Crippen LogP contribution >= 0.6 is 0 Å². The fourth-order valence-electron chi connectivity index (χ4n) is 1.29. The number of aliphatic hydroxyl groups is 3. The number of anilines is 1. The van der Waals surface area contributed by atoms with Gasteiger partial charge in [-0.2, -0.15) is 0 Å². The zero-order chi connectivity index (χ0) is 10.3. The largest absolute Gasteiger partial charge is 0.380 e. The van der Waals surface area contributed by atoms with Gasteiger partial charge in [-0.25, -0.2) is 0 Å². The topological polar surface area (TPSA) is 113 Å². The second-order valence-corrected chi connectivity index (χ2v) is 2.88. The van der Waals surface area contributed by atoms with Crippen molar-refractivity contribution in [3.63, 3.8) is 0 Å². The summed E-state index contributed by atoms with van der Waals surface area (Å²) in [5, 5.41) is 30.7. The van der Waals surface area contributed by atoms with Gasteiger partial charge in [-0.15, -0.1) is 0 Å². The molecule has 5 N–H and O–H groups in total. The smallest absolute Gasteiger partial charge is 0.305 e. The molecule has 1 aromatic carbocycles. The van der Waals surface area contributed by atoms with Crippen LogP contribution in [0.1, 0.15) is 5.56 Å². The van der Waals surface area contributed by atoms with Crippen LogP contribution in [0.15, 0.2) is 22.7 Å². The summed E-state index contributed by atoms with van der Waals surface area (Å²) < 4.78 is 4.78. The molecule has 6 nitrogen and oxygen atoms in total. The Morgan fingerprint density at radius 1 is 1.29 bits per heavy atom. The van der Waals surface area contributed by atoms with Gasteiger partial charge in [0.2, 0.25) is 0 Å². The average Bonchev–Trinajstić information content (AvgIpc) is 2.46. The first-order chi connectivity index (χ1) is 6.50. The molecular weight excluding hydrogens is 188 g/mol. The Balaban J connectivity index is 2.82. The molecule has 74 valence electrons. The lowest BCUT2D eigenvalue weighted by Gasteiger charge is -2.14. The maximum absolute atomic E-state index is 9.02. The first-order valence-electron chi connectivity index (χ1n) is 3.81. The van der Waals surface area contributed by atoms with Crippen LogP contribution in [0.25, 0.3) is 11.0 Å². The minimum Gasteiger partial charge on any atom is -0.380 e. The first kappa shape index (κ1) is 8.95. The van der Waals surface area contributed by atoms with Crippen LogP contribution in [-0.4, -0.2) is 20.5 Å². The minimum absolute atomic E-state index is 0.00266. The molecule has 0 saturated carbocycles. The minimum atomic E-state index is -2.95. The predicted molar refractivity (Wildman–Crippen MR) is 46.8 cm³/mol. The zero-order valence-corrected chi connectivity index (χ0v) is 7.01. The molecule has 0 amide bonds. The lowest BCUT2D eigenvalue weighted by Crippen LogP contribution is -2.24. The van der Waals surface area contributed by atoms with E-state index in [1.807, 2.05) is 0 Å². The predicted octanol–water partition coefficient (Wildman–Crippen LogP) is -0.503. The number of fused-ring (bicyclic) bond motifs is 1. The second-order valence-electron chi connectivity index (χ2n) is 2.88. The Morgan fingerprint density at radius 2 is 2.00 bits per heavy atom. The number of nitrogen functional groups attached to an aromatic ring is 1. The number of hydrogen-bond donors (Lipinski definition) is 4. The lowest BCUT2D eigenvalue weighted by molar-refractivity contribution is -0.322. The van der Waals surface area contributed by atoms with Crippen molar-refractivity contribution < 1.29 is 19.8 Å². The summed E-state index contributed by atoms with van der Waals surface area (Å²) in [7, 11) is 0. The van der Waals surface area contributed by atoms with Crippen LogP contribution in [0.2, 0.25) is 0 Å². The third-order valence-corrected chi connectivity index (χ3v) is 1.89.